The Morgan fingerprint density at radius 1 is 1.44 bits per heavy atom. The molecule has 98 valence electrons. The quantitative estimate of drug-likeness (QED) is 0.351. The lowest BCUT2D eigenvalue weighted by Gasteiger charge is -2.11. The van der Waals surface area contributed by atoms with Crippen molar-refractivity contribution in [2.45, 2.75) is 20.0 Å². The molecule has 2 N–H and O–H groups in total. The fraction of sp³-hybridized carbons (Fsp3) is 0.385. The number of nitrogens with one attached hydrogen (secondary N) is 1. The zero-order valence-corrected chi connectivity index (χ0v) is 10.6. The summed E-state index contributed by atoms with van der Waals surface area (Å²) in [5.74, 6) is 0. The van der Waals surface area contributed by atoms with Crippen LogP contribution in [0.5, 0.6) is 0 Å². The third-order valence-electron chi connectivity index (χ3n) is 2.48. The summed E-state index contributed by atoms with van der Waals surface area (Å²) < 4.78 is 0. The molecular weight excluding hydrogens is 232 g/mol. The highest BCUT2D eigenvalue weighted by atomic mass is 16.6. The molecule has 18 heavy (non-hydrogen) atoms. The summed E-state index contributed by atoms with van der Waals surface area (Å²) in [6.07, 6.45) is 1.37. The Labute approximate surface area is 106 Å². The number of allylic oxidation sites excluding steroid dienone is 1. The number of aliphatic hydroxyl groups excluding tert-OH is 1. The number of hydrogen-bond donors (Lipinski definition) is 2. The van der Waals surface area contributed by atoms with Crippen LogP contribution in [0.1, 0.15) is 25.5 Å². The Balaban J connectivity index is 2.49. The van der Waals surface area contributed by atoms with Crippen LogP contribution in [0.3, 0.4) is 0 Å². The van der Waals surface area contributed by atoms with Crippen LogP contribution < -0.4 is 5.32 Å². The van der Waals surface area contributed by atoms with Gasteiger partial charge >= 0.3 is 0 Å². The van der Waals surface area contributed by atoms with Gasteiger partial charge in [0.25, 0.3) is 5.69 Å². The highest BCUT2D eigenvalue weighted by Crippen LogP contribution is 2.17. The summed E-state index contributed by atoms with van der Waals surface area (Å²) in [5.41, 5.74) is 1.92. The fourth-order valence-corrected chi connectivity index (χ4v) is 1.43. The van der Waals surface area contributed by atoms with Gasteiger partial charge in [-0.2, -0.15) is 0 Å². The molecule has 1 aromatic carbocycles. The zero-order valence-electron chi connectivity index (χ0n) is 10.6. The number of benzene rings is 1. The van der Waals surface area contributed by atoms with E-state index in [-0.39, 0.29) is 5.69 Å². The van der Waals surface area contributed by atoms with E-state index in [1.807, 2.05) is 19.9 Å². The molecule has 0 aromatic heterocycles. The Morgan fingerprint density at radius 2 is 2.06 bits per heavy atom. The molecule has 1 aromatic rings. The number of nitro groups is 1. The normalized spacial score (nSPS) is 11.9. The van der Waals surface area contributed by atoms with Gasteiger partial charge in [-0.3, -0.25) is 10.1 Å². The van der Waals surface area contributed by atoms with Gasteiger partial charge in [-0.25, -0.2) is 0 Å². The second-order valence-electron chi connectivity index (χ2n) is 4.30. The summed E-state index contributed by atoms with van der Waals surface area (Å²) in [6.45, 7) is 5.14. The monoisotopic (exact) mass is 250 g/mol. The van der Waals surface area contributed by atoms with E-state index >= 15 is 0 Å². The predicted molar refractivity (Wildman–Crippen MR) is 70.4 cm³/mol. The number of hydrogen-bond acceptors (Lipinski definition) is 4. The molecule has 0 aliphatic rings. The van der Waals surface area contributed by atoms with Crippen LogP contribution in [0, 0.1) is 10.1 Å². The first-order valence-electron chi connectivity index (χ1n) is 5.77. The number of aliphatic hydroxyl groups is 1. The number of rotatable bonds is 6. The van der Waals surface area contributed by atoms with E-state index < -0.39 is 11.0 Å². The van der Waals surface area contributed by atoms with Crippen molar-refractivity contribution in [3.63, 3.8) is 0 Å². The SMILES string of the molecule is CC(C)=CCNCC(O)c1ccc([N+](=O)[O-])cc1. The molecule has 0 fully saturated rings. The first-order chi connectivity index (χ1) is 8.50. The van der Waals surface area contributed by atoms with Gasteiger partial charge in [-0.15, -0.1) is 0 Å². The van der Waals surface area contributed by atoms with Crippen LogP contribution in [0.2, 0.25) is 0 Å². The van der Waals surface area contributed by atoms with Crippen molar-refractivity contribution in [1.82, 2.24) is 5.32 Å². The molecule has 0 heterocycles. The minimum atomic E-state index is -0.656. The van der Waals surface area contributed by atoms with Crippen molar-refractivity contribution < 1.29 is 10.0 Å². The zero-order chi connectivity index (χ0) is 13.5. The van der Waals surface area contributed by atoms with Crippen molar-refractivity contribution in [2.24, 2.45) is 0 Å². The van der Waals surface area contributed by atoms with E-state index in [9.17, 15) is 15.2 Å². The molecule has 0 spiro atoms. The Hall–Kier alpha value is -1.72. The van der Waals surface area contributed by atoms with Crippen LogP contribution in [-0.4, -0.2) is 23.1 Å². The van der Waals surface area contributed by atoms with Crippen LogP contribution in [0.15, 0.2) is 35.9 Å². The molecule has 0 radical (unpaired) electrons. The lowest BCUT2D eigenvalue weighted by molar-refractivity contribution is -0.384. The van der Waals surface area contributed by atoms with E-state index in [2.05, 4.69) is 5.32 Å². The van der Waals surface area contributed by atoms with Crippen LogP contribution >= 0.6 is 0 Å². The predicted octanol–water partition coefficient (Wildman–Crippen LogP) is 2.18. The molecule has 5 heteroatoms. The summed E-state index contributed by atoms with van der Waals surface area (Å²) in [7, 11) is 0. The lowest BCUT2D eigenvalue weighted by Crippen LogP contribution is -2.21. The number of nitro benzene ring substituents is 1. The second kappa shape index (κ2) is 6.88. The maximum atomic E-state index is 10.5. The topological polar surface area (TPSA) is 75.4 Å². The summed E-state index contributed by atoms with van der Waals surface area (Å²) in [4.78, 5) is 10.0. The Kier molecular flexibility index (Phi) is 5.48. The first-order valence-corrected chi connectivity index (χ1v) is 5.77. The maximum Gasteiger partial charge on any atom is 0.269 e. The van der Waals surface area contributed by atoms with Crippen molar-refractivity contribution in [3.8, 4) is 0 Å². The van der Waals surface area contributed by atoms with Gasteiger partial charge in [0.2, 0.25) is 0 Å². The standard InChI is InChI=1S/C13H18N2O3/c1-10(2)7-8-14-9-13(16)11-3-5-12(6-4-11)15(17)18/h3-7,13-14,16H,8-9H2,1-2H3. The van der Waals surface area contributed by atoms with Gasteiger partial charge in [0, 0.05) is 25.2 Å². The van der Waals surface area contributed by atoms with E-state index in [4.69, 9.17) is 0 Å². The summed E-state index contributed by atoms with van der Waals surface area (Å²) >= 11 is 0. The van der Waals surface area contributed by atoms with Gasteiger partial charge in [-0.05, 0) is 31.5 Å². The highest BCUT2D eigenvalue weighted by Gasteiger charge is 2.09. The van der Waals surface area contributed by atoms with Crippen LogP contribution in [-0.2, 0) is 0 Å². The molecule has 0 aliphatic heterocycles. The first kappa shape index (κ1) is 14.3. The van der Waals surface area contributed by atoms with E-state index in [1.54, 1.807) is 12.1 Å². The summed E-state index contributed by atoms with van der Waals surface area (Å²) in [6, 6.07) is 5.94. The molecule has 0 bridgehead atoms. The minimum absolute atomic E-state index is 0.0310. The third kappa shape index (κ3) is 4.65. The fourth-order valence-electron chi connectivity index (χ4n) is 1.43. The second-order valence-corrected chi connectivity index (χ2v) is 4.30. The number of nitrogens with zero attached hydrogens (tertiary/aromatic N) is 1. The molecule has 1 atom stereocenters. The molecule has 0 amide bonds. The van der Waals surface area contributed by atoms with Gasteiger partial charge in [0.15, 0.2) is 0 Å². The molecule has 5 nitrogen and oxygen atoms in total. The van der Waals surface area contributed by atoms with Gasteiger partial charge < -0.3 is 10.4 Å². The Bertz CT molecular complexity index is 422. The average molecular weight is 250 g/mol. The van der Waals surface area contributed by atoms with E-state index in [1.165, 1.54) is 17.7 Å². The minimum Gasteiger partial charge on any atom is -0.387 e. The highest BCUT2D eigenvalue weighted by molar-refractivity contribution is 5.33. The smallest absolute Gasteiger partial charge is 0.269 e. The van der Waals surface area contributed by atoms with Gasteiger partial charge in [-0.1, -0.05) is 11.6 Å². The lowest BCUT2D eigenvalue weighted by atomic mass is 10.1. The molecule has 0 saturated heterocycles. The number of non-ortho nitro benzene ring substituents is 1. The molecule has 0 saturated carbocycles. The van der Waals surface area contributed by atoms with E-state index in [0.717, 1.165) is 0 Å². The van der Waals surface area contributed by atoms with Gasteiger partial charge in [0.1, 0.15) is 0 Å². The molecule has 1 rings (SSSR count). The molecular formula is C13H18N2O3. The van der Waals surface area contributed by atoms with Crippen LogP contribution in [0.4, 0.5) is 5.69 Å². The van der Waals surface area contributed by atoms with Crippen molar-refractivity contribution in [2.75, 3.05) is 13.1 Å². The van der Waals surface area contributed by atoms with Crippen LogP contribution in [0.25, 0.3) is 0 Å². The Morgan fingerprint density at radius 3 is 2.56 bits per heavy atom. The maximum absolute atomic E-state index is 10.5. The van der Waals surface area contributed by atoms with Crippen molar-refractivity contribution >= 4 is 5.69 Å². The third-order valence-corrected chi connectivity index (χ3v) is 2.48. The molecule has 1 unspecified atom stereocenters. The summed E-state index contributed by atoms with van der Waals surface area (Å²) in [5, 5.41) is 23.4. The average Bonchev–Trinajstić information content (AvgIpc) is 2.34. The van der Waals surface area contributed by atoms with Crippen molar-refractivity contribution in [1.29, 1.82) is 0 Å². The van der Waals surface area contributed by atoms with Gasteiger partial charge in [0.05, 0.1) is 11.0 Å². The molecule has 0 aliphatic carbocycles. The largest absolute Gasteiger partial charge is 0.387 e. The van der Waals surface area contributed by atoms with Crippen molar-refractivity contribution in [3.05, 3.63) is 51.6 Å². The van der Waals surface area contributed by atoms with E-state index in [0.29, 0.717) is 18.7 Å².